The van der Waals surface area contributed by atoms with Crippen molar-refractivity contribution in [3.8, 4) is 11.8 Å². The molecule has 0 unspecified atom stereocenters. The minimum atomic E-state index is -0.822. The standard InChI is InChI=1S/C15H9ClFN3O2/c16-11-2-4-14(21)10(6-11)8-19-20-15(22)12-3-1-9(7-18)5-13(12)17/h1-6,8,21H,(H,20,22)/b19-8+. The van der Waals surface area contributed by atoms with Crippen LogP contribution in [0.3, 0.4) is 0 Å². The average Bonchev–Trinajstić information content (AvgIpc) is 2.50. The van der Waals surface area contributed by atoms with Gasteiger partial charge >= 0.3 is 0 Å². The molecule has 0 atom stereocenters. The van der Waals surface area contributed by atoms with E-state index in [2.05, 4.69) is 10.5 Å². The number of phenolic OH excluding ortho intramolecular Hbond substituents is 1. The first-order valence-corrected chi connectivity index (χ1v) is 6.40. The summed E-state index contributed by atoms with van der Waals surface area (Å²) in [6.45, 7) is 0. The fraction of sp³-hybridized carbons (Fsp3) is 0. The number of carbonyl (C=O) groups excluding carboxylic acids is 1. The van der Waals surface area contributed by atoms with Gasteiger partial charge in [-0.1, -0.05) is 11.6 Å². The average molecular weight is 318 g/mol. The van der Waals surface area contributed by atoms with Crippen molar-refractivity contribution in [2.24, 2.45) is 5.10 Å². The SMILES string of the molecule is N#Cc1ccc(C(=O)N/N=C/c2cc(Cl)ccc2O)c(F)c1. The topological polar surface area (TPSA) is 85.5 Å². The third-order valence-corrected chi connectivity index (χ3v) is 2.94. The Morgan fingerprint density at radius 1 is 1.36 bits per heavy atom. The first-order chi connectivity index (χ1) is 10.5. The summed E-state index contributed by atoms with van der Waals surface area (Å²) in [5.74, 6) is -1.66. The van der Waals surface area contributed by atoms with Crippen LogP contribution in [0.5, 0.6) is 5.75 Å². The molecule has 0 saturated heterocycles. The van der Waals surface area contributed by atoms with E-state index in [9.17, 15) is 14.3 Å². The molecule has 2 aromatic carbocycles. The molecule has 2 aromatic rings. The predicted molar refractivity (Wildman–Crippen MR) is 79.3 cm³/mol. The molecule has 0 aromatic heterocycles. The van der Waals surface area contributed by atoms with Gasteiger partial charge in [0.15, 0.2) is 0 Å². The third-order valence-electron chi connectivity index (χ3n) is 2.70. The number of hydrogen-bond acceptors (Lipinski definition) is 4. The van der Waals surface area contributed by atoms with Gasteiger partial charge in [0.2, 0.25) is 0 Å². The normalized spacial score (nSPS) is 10.4. The first-order valence-electron chi connectivity index (χ1n) is 6.03. The van der Waals surface area contributed by atoms with Crippen LogP contribution in [0.2, 0.25) is 5.02 Å². The molecule has 2 N–H and O–H groups in total. The number of nitrogens with zero attached hydrogens (tertiary/aromatic N) is 2. The molecule has 0 fully saturated rings. The van der Waals surface area contributed by atoms with Gasteiger partial charge in [-0.05, 0) is 36.4 Å². The van der Waals surface area contributed by atoms with E-state index in [1.807, 2.05) is 0 Å². The van der Waals surface area contributed by atoms with Crippen LogP contribution in [0.1, 0.15) is 21.5 Å². The Hall–Kier alpha value is -2.91. The van der Waals surface area contributed by atoms with Gasteiger partial charge in [-0.15, -0.1) is 0 Å². The van der Waals surface area contributed by atoms with Crippen molar-refractivity contribution in [3.05, 3.63) is 63.9 Å². The number of carbonyl (C=O) groups is 1. The lowest BCUT2D eigenvalue weighted by molar-refractivity contribution is 0.0951. The van der Waals surface area contributed by atoms with E-state index in [4.69, 9.17) is 16.9 Å². The number of nitrogens with one attached hydrogen (secondary N) is 1. The number of hydrogen-bond donors (Lipinski definition) is 2. The van der Waals surface area contributed by atoms with E-state index in [1.165, 1.54) is 36.5 Å². The van der Waals surface area contributed by atoms with Gasteiger partial charge in [-0.3, -0.25) is 4.79 Å². The number of hydrazone groups is 1. The monoisotopic (exact) mass is 317 g/mol. The summed E-state index contributed by atoms with van der Waals surface area (Å²) in [6, 6.07) is 9.58. The van der Waals surface area contributed by atoms with E-state index < -0.39 is 11.7 Å². The van der Waals surface area contributed by atoms with Gasteiger partial charge < -0.3 is 5.11 Å². The highest BCUT2D eigenvalue weighted by Gasteiger charge is 2.11. The summed E-state index contributed by atoms with van der Waals surface area (Å²) in [5.41, 5.74) is 2.29. The van der Waals surface area contributed by atoms with Crippen LogP contribution < -0.4 is 5.43 Å². The number of phenols is 1. The highest BCUT2D eigenvalue weighted by atomic mass is 35.5. The molecular weight excluding hydrogens is 309 g/mol. The van der Waals surface area contributed by atoms with E-state index in [0.717, 1.165) is 6.07 Å². The van der Waals surface area contributed by atoms with Crippen molar-refractivity contribution >= 4 is 23.7 Å². The Morgan fingerprint density at radius 3 is 2.82 bits per heavy atom. The summed E-state index contributed by atoms with van der Waals surface area (Å²) in [4.78, 5) is 11.8. The molecule has 0 aliphatic heterocycles. The van der Waals surface area contributed by atoms with Crippen molar-refractivity contribution in [1.29, 1.82) is 5.26 Å². The Balaban J connectivity index is 2.11. The van der Waals surface area contributed by atoms with E-state index in [1.54, 1.807) is 6.07 Å². The van der Waals surface area contributed by atoms with Crippen molar-refractivity contribution in [1.82, 2.24) is 5.43 Å². The molecule has 22 heavy (non-hydrogen) atoms. The van der Waals surface area contributed by atoms with Crippen LogP contribution in [0.25, 0.3) is 0 Å². The maximum Gasteiger partial charge on any atom is 0.274 e. The van der Waals surface area contributed by atoms with Gasteiger partial charge in [0.05, 0.1) is 23.4 Å². The molecule has 1 amide bonds. The second kappa shape index (κ2) is 6.70. The summed E-state index contributed by atoms with van der Waals surface area (Å²) in [7, 11) is 0. The number of benzene rings is 2. The van der Waals surface area contributed by atoms with E-state index in [-0.39, 0.29) is 16.9 Å². The van der Waals surface area contributed by atoms with Crippen LogP contribution in [0, 0.1) is 17.1 Å². The zero-order valence-corrected chi connectivity index (χ0v) is 11.8. The molecule has 0 heterocycles. The highest BCUT2D eigenvalue weighted by molar-refractivity contribution is 6.30. The molecular formula is C15H9ClFN3O2. The van der Waals surface area contributed by atoms with Crippen molar-refractivity contribution in [2.45, 2.75) is 0 Å². The van der Waals surface area contributed by atoms with Crippen LogP contribution in [0.4, 0.5) is 4.39 Å². The van der Waals surface area contributed by atoms with Gasteiger partial charge in [0, 0.05) is 10.6 Å². The Labute approximate surface area is 130 Å². The molecule has 0 radical (unpaired) electrons. The van der Waals surface area contributed by atoms with Gasteiger partial charge in [0.1, 0.15) is 11.6 Å². The molecule has 0 aliphatic carbocycles. The molecule has 0 spiro atoms. The molecule has 0 bridgehead atoms. The van der Waals surface area contributed by atoms with Crippen molar-refractivity contribution in [2.75, 3.05) is 0 Å². The van der Waals surface area contributed by atoms with Crippen molar-refractivity contribution < 1.29 is 14.3 Å². The second-order valence-electron chi connectivity index (χ2n) is 4.21. The number of aromatic hydroxyl groups is 1. The van der Waals surface area contributed by atoms with E-state index >= 15 is 0 Å². The maximum absolute atomic E-state index is 13.6. The maximum atomic E-state index is 13.6. The highest BCUT2D eigenvalue weighted by Crippen LogP contribution is 2.19. The third kappa shape index (κ3) is 3.59. The summed E-state index contributed by atoms with van der Waals surface area (Å²) in [6.07, 6.45) is 1.18. The van der Waals surface area contributed by atoms with Crippen LogP contribution >= 0.6 is 11.6 Å². The quantitative estimate of drug-likeness (QED) is 0.674. The lowest BCUT2D eigenvalue weighted by atomic mass is 10.1. The number of amides is 1. The fourth-order valence-electron chi connectivity index (χ4n) is 1.62. The molecule has 2 rings (SSSR count). The zero-order chi connectivity index (χ0) is 16.1. The molecule has 0 aliphatic rings. The largest absolute Gasteiger partial charge is 0.507 e. The van der Waals surface area contributed by atoms with Crippen LogP contribution in [-0.4, -0.2) is 17.2 Å². The van der Waals surface area contributed by atoms with Gasteiger partial charge in [-0.25, -0.2) is 9.82 Å². The summed E-state index contributed by atoms with van der Waals surface area (Å²) < 4.78 is 13.6. The van der Waals surface area contributed by atoms with Crippen LogP contribution in [-0.2, 0) is 0 Å². The van der Waals surface area contributed by atoms with Gasteiger partial charge in [-0.2, -0.15) is 10.4 Å². The molecule has 5 nitrogen and oxygen atoms in total. The number of rotatable bonds is 3. The van der Waals surface area contributed by atoms with Crippen molar-refractivity contribution in [3.63, 3.8) is 0 Å². The fourth-order valence-corrected chi connectivity index (χ4v) is 1.80. The van der Waals surface area contributed by atoms with Gasteiger partial charge in [0.25, 0.3) is 5.91 Å². The first kappa shape index (κ1) is 15.5. The Morgan fingerprint density at radius 2 is 2.14 bits per heavy atom. The molecule has 0 saturated carbocycles. The molecule has 110 valence electrons. The second-order valence-corrected chi connectivity index (χ2v) is 4.65. The van der Waals surface area contributed by atoms with Crippen LogP contribution in [0.15, 0.2) is 41.5 Å². The number of nitriles is 1. The lowest BCUT2D eigenvalue weighted by Crippen LogP contribution is -2.19. The molecule has 7 heteroatoms. The Kier molecular flexibility index (Phi) is 4.71. The summed E-state index contributed by atoms with van der Waals surface area (Å²) >= 11 is 5.77. The summed E-state index contributed by atoms with van der Waals surface area (Å²) in [5, 5.41) is 22.2. The number of halogens is 2. The zero-order valence-electron chi connectivity index (χ0n) is 11.0. The van der Waals surface area contributed by atoms with E-state index in [0.29, 0.717) is 10.6 Å². The Bertz CT molecular complexity index is 800. The lowest BCUT2D eigenvalue weighted by Gasteiger charge is -2.02. The minimum absolute atomic E-state index is 0.0630. The predicted octanol–water partition coefficient (Wildman–Crippen LogP) is 2.82. The minimum Gasteiger partial charge on any atom is -0.507 e. The smallest absolute Gasteiger partial charge is 0.274 e.